The molecule has 21 heavy (non-hydrogen) atoms. The van der Waals surface area contributed by atoms with Gasteiger partial charge in [0, 0.05) is 20.2 Å². The monoisotopic (exact) mass is 298 g/mol. The molecule has 0 spiro atoms. The molecule has 0 aliphatic carbocycles. The summed E-state index contributed by atoms with van der Waals surface area (Å²) in [5.74, 6) is -2.20. The fraction of sp³-hybridized carbons (Fsp3) is 0.467. The third kappa shape index (κ3) is 5.23. The largest absolute Gasteiger partial charge is 0.348 e. The highest BCUT2D eigenvalue weighted by Gasteiger charge is 2.18. The van der Waals surface area contributed by atoms with Gasteiger partial charge in [0.25, 0.3) is 0 Å². The van der Waals surface area contributed by atoms with Gasteiger partial charge in [0.1, 0.15) is 11.6 Å². The fourth-order valence-corrected chi connectivity index (χ4v) is 1.87. The Morgan fingerprint density at radius 3 is 2.33 bits per heavy atom. The fourth-order valence-electron chi connectivity index (χ4n) is 1.87. The summed E-state index contributed by atoms with van der Waals surface area (Å²) in [5, 5.41) is 0. The second-order valence-electron chi connectivity index (χ2n) is 5.05. The Balaban J connectivity index is 2.78. The number of rotatable bonds is 7. The molecule has 0 N–H and O–H groups in total. The van der Waals surface area contributed by atoms with Crippen LogP contribution in [0.3, 0.4) is 0 Å². The van der Waals surface area contributed by atoms with Gasteiger partial charge < -0.3 is 4.90 Å². The average molecular weight is 298 g/mol. The van der Waals surface area contributed by atoms with E-state index in [1.165, 1.54) is 4.90 Å². The van der Waals surface area contributed by atoms with Crippen molar-refractivity contribution in [3.05, 3.63) is 35.4 Å². The molecular weight excluding hydrogens is 278 g/mol. The van der Waals surface area contributed by atoms with Crippen molar-refractivity contribution < 1.29 is 18.4 Å². The number of amides is 1. The first-order chi connectivity index (χ1) is 9.85. The van der Waals surface area contributed by atoms with Gasteiger partial charge in [-0.3, -0.25) is 14.5 Å². The molecule has 0 saturated heterocycles. The lowest BCUT2D eigenvalue weighted by Gasteiger charge is -2.22. The Hall–Kier alpha value is -1.82. The second-order valence-corrected chi connectivity index (χ2v) is 5.05. The van der Waals surface area contributed by atoms with E-state index in [-0.39, 0.29) is 24.6 Å². The number of carbonyl (C=O) groups is 2. The van der Waals surface area contributed by atoms with Crippen molar-refractivity contribution >= 4 is 11.7 Å². The van der Waals surface area contributed by atoms with E-state index in [9.17, 15) is 18.4 Å². The molecule has 0 radical (unpaired) electrons. The van der Waals surface area contributed by atoms with Crippen LogP contribution in [0.5, 0.6) is 0 Å². The van der Waals surface area contributed by atoms with Crippen molar-refractivity contribution in [3.63, 3.8) is 0 Å². The second kappa shape index (κ2) is 7.83. The van der Waals surface area contributed by atoms with Crippen LogP contribution in [0.1, 0.15) is 23.7 Å². The van der Waals surface area contributed by atoms with Crippen LogP contribution >= 0.6 is 0 Å². The highest BCUT2D eigenvalue weighted by molar-refractivity contribution is 5.98. The van der Waals surface area contributed by atoms with Gasteiger partial charge >= 0.3 is 0 Å². The lowest BCUT2D eigenvalue weighted by molar-refractivity contribution is -0.129. The van der Waals surface area contributed by atoms with Crippen LogP contribution in [0, 0.1) is 11.6 Å². The SMILES string of the molecule is CCCN(CC(=O)c1ccc(F)cc1F)CC(=O)N(C)C. The molecule has 0 aliphatic heterocycles. The maximum atomic E-state index is 13.6. The van der Waals surface area contributed by atoms with E-state index in [0.717, 1.165) is 18.6 Å². The van der Waals surface area contributed by atoms with Gasteiger partial charge in [-0.15, -0.1) is 0 Å². The molecule has 1 rings (SSSR count). The smallest absolute Gasteiger partial charge is 0.236 e. The van der Waals surface area contributed by atoms with Crippen LogP contribution in [0.15, 0.2) is 18.2 Å². The van der Waals surface area contributed by atoms with Crippen molar-refractivity contribution in [2.45, 2.75) is 13.3 Å². The Labute approximate surface area is 123 Å². The number of carbonyl (C=O) groups excluding carboxylic acids is 2. The molecule has 1 aromatic carbocycles. The quantitative estimate of drug-likeness (QED) is 0.722. The molecule has 1 aromatic rings. The van der Waals surface area contributed by atoms with Gasteiger partial charge in [0.2, 0.25) is 5.91 Å². The normalized spacial score (nSPS) is 10.8. The molecule has 0 aromatic heterocycles. The number of hydrogen-bond acceptors (Lipinski definition) is 3. The molecule has 0 heterocycles. The minimum absolute atomic E-state index is 0.0734. The average Bonchev–Trinajstić information content (AvgIpc) is 2.38. The van der Waals surface area contributed by atoms with Crippen molar-refractivity contribution in [3.8, 4) is 0 Å². The van der Waals surface area contributed by atoms with Gasteiger partial charge in [-0.25, -0.2) is 8.78 Å². The zero-order valence-corrected chi connectivity index (χ0v) is 12.5. The van der Waals surface area contributed by atoms with E-state index >= 15 is 0 Å². The van der Waals surface area contributed by atoms with E-state index in [4.69, 9.17) is 0 Å². The van der Waals surface area contributed by atoms with Crippen LogP contribution in [-0.2, 0) is 4.79 Å². The molecule has 1 amide bonds. The minimum Gasteiger partial charge on any atom is -0.348 e. The summed E-state index contributed by atoms with van der Waals surface area (Å²) in [6, 6.07) is 2.86. The molecule has 0 saturated carbocycles. The van der Waals surface area contributed by atoms with Crippen molar-refractivity contribution in [2.75, 3.05) is 33.7 Å². The van der Waals surface area contributed by atoms with Gasteiger partial charge in [-0.2, -0.15) is 0 Å². The number of nitrogens with zero attached hydrogens (tertiary/aromatic N) is 2. The van der Waals surface area contributed by atoms with Gasteiger partial charge in [0.15, 0.2) is 5.78 Å². The highest BCUT2D eigenvalue weighted by Crippen LogP contribution is 2.11. The Morgan fingerprint density at radius 2 is 1.81 bits per heavy atom. The van der Waals surface area contributed by atoms with Crippen LogP contribution in [0.4, 0.5) is 8.78 Å². The summed E-state index contributed by atoms with van der Waals surface area (Å²) >= 11 is 0. The summed E-state index contributed by atoms with van der Waals surface area (Å²) in [7, 11) is 3.27. The van der Waals surface area contributed by atoms with E-state index in [1.807, 2.05) is 6.92 Å². The summed E-state index contributed by atoms with van der Waals surface area (Å²) < 4.78 is 26.4. The first-order valence-electron chi connectivity index (χ1n) is 6.76. The predicted molar refractivity (Wildman–Crippen MR) is 76.1 cm³/mol. The van der Waals surface area contributed by atoms with Crippen LogP contribution < -0.4 is 0 Å². The predicted octanol–water partition coefficient (Wildman–Crippen LogP) is 1.95. The third-order valence-corrected chi connectivity index (χ3v) is 3.00. The number of benzene rings is 1. The summed E-state index contributed by atoms with van der Waals surface area (Å²) in [6.45, 7) is 2.50. The maximum Gasteiger partial charge on any atom is 0.236 e. The van der Waals surface area contributed by atoms with Gasteiger partial charge in [-0.05, 0) is 25.1 Å². The molecule has 0 fully saturated rings. The van der Waals surface area contributed by atoms with E-state index < -0.39 is 17.4 Å². The highest BCUT2D eigenvalue weighted by atomic mass is 19.1. The van der Waals surface area contributed by atoms with E-state index in [1.54, 1.807) is 19.0 Å². The van der Waals surface area contributed by atoms with E-state index in [0.29, 0.717) is 12.6 Å². The van der Waals surface area contributed by atoms with Crippen molar-refractivity contribution in [1.29, 1.82) is 0 Å². The standard InChI is InChI=1S/C15H20F2N2O2/c1-4-7-19(10-15(21)18(2)3)9-14(20)12-6-5-11(16)8-13(12)17/h5-6,8H,4,7,9-10H2,1-3H3. The van der Waals surface area contributed by atoms with Crippen LogP contribution in [-0.4, -0.2) is 55.2 Å². The maximum absolute atomic E-state index is 13.6. The third-order valence-electron chi connectivity index (χ3n) is 3.00. The summed E-state index contributed by atoms with van der Waals surface area (Å²) in [4.78, 5) is 26.9. The minimum atomic E-state index is -0.879. The zero-order chi connectivity index (χ0) is 16.0. The van der Waals surface area contributed by atoms with Gasteiger partial charge in [0.05, 0.1) is 18.7 Å². The number of halogens is 2. The Morgan fingerprint density at radius 1 is 1.14 bits per heavy atom. The number of Topliss-reactive ketones (excluding diaryl/α,β-unsaturated/α-hetero) is 1. The summed E-state index contributed by atoms with van der Waals surface area (Å²) in [6.07, 6.45) is 0.764. The molecule has 0 atom stereocenters. The number of hydrogen-bond donors (Lipinski definition) is 0. The molecular formula is C15H20F2N2O2. The summed E-state index contributed by atoms with van der Waals surface area (Å²) in [5.41, 5.74) is -0.158. The zero-order valence-electron chi connectivity index (χ0n) is 12.5. The first kappa shape index (κ1) is 17.2. The first-order valence-corrected chi connectivity index (χ1v) is 6.76. The Kier molecular flexibility index (Phi) is 6.42. The van der Waals surface area contributed by atoms with E-state index in [2.05, 4.69) is 0 Å². The van der Waals surface area contributed by atoms with Crippen molar-refractivity contribution in [1.82, 2.24) is 9.80 Å². The lowest BCUT2D eigenvalue weighted by atomic mass is 10.1. The molecule has 116 valence electrons. The molecule has 0 bridgehead atoms. The van der Waals surface area contributed by atoms with Crippen LogP contribution in [0.25, 0.3) is 0 Å². The van der Waals surface area contributed by atoms with Crippen molar-refractivity contribution in [2.24, 2.45) is 0 Å². The number of ketones is 1. The molecule has 6 heteroatoms. The molecule has 0 aliphatic rings. The topological polar surface area (TPSA) is 40.6 Å². The molecule has 0 unspecified atom stereocenters. The lowest BCUT2D eigenvalue weighted by Crippen LogP contribution is -2.39. The number of likely N-dealkylation sites (N-methyl/N-ethyl adjacent to an activating group) is 1. The van der Waals surface area contributed by atoms with Crippen LogP contribution in [0.2, 0.25) is 0 Å². The van der Waals surface area contributed by atoms with Gasteiger partial charge in [-0.1, -0.05) is 6.92 Å². The Bertz CT molecular complexity index is 518. The molecule has 4 nitrogen and oxygen atoms in total.